The van der Waals surface area contributed by atoms with E-state index in [1.165, 1.54) is 16.9 Å². The summed E-state index contributed by atoms with van der Waals surface area (Å²) in [6, 6.07) is 18.0. The zero-order chi connectivity index (χ0) is 21.3. The zero-order valence-corrected chi connectivity index (χ0v) is 18.9. The van der Waals surface area contributed by atoms with E-state index < -0.39 is 6.10 Å². The average Bonchev–Trinajstić information content (AvgIpc) is 3.19. The number of carbonyl (C=O) groups is 1. The van der Waals surface area contributed by atoms with Gasteiger partial charge in [-0.3, -0.25) is 10.1 Å². The Morgan fingerprint density at radius 3 is 2.53 bits per heavy atom. The molecule has 30 heavy (non-hydrogen) atoms. The van der Waals surface area contributed by atoms with Crippen molar-refractivity contribution in [3.63, 3.8) is 0 Å². The van der Waals surface area contributed by atoms with Crippen LogP contribution < -0.4 is 10.1 Å². The SMILES string of the molecule is CC(Oc1ccc(C(C)C)cc1)C(=O)Nc1nnc(SC/C=C/c2ccccc2)s1. The monoisotopic (exact) mass is 439 g/mol. The smallest absolute Gasteiger partial charge is 0.266 e. The van der Waals surface area contributed by atoms with E-state index in [0.29, 0.717) is 16.8 Å². The van der Waals surface area contributed by atoms with Gasteiger partial charge in [0.05, 0.1) is 0 Å². The molecule has 0 spiro atoms. The van der Waals surface area contributed by atoms with Crippen LogP contribution in [0.25, 0.3) is 6.08 Å². The maximum atomic E-state index is 12.4. The summed E-state index contributed by atoms with van der Waals surface area (Å²) in [6.45, 7) is 6.00. The minimum absolute atomic E-state index is 0.250. The topological polar surface area (TPSA) is 64.1 Å². The van der Waals surface area contributed by atoms with E-state index in [-0.39, 0.29) is 5.91 Å². The van der Waals surface area contributed by atoms with Crippen LogP contribution in [-0.2, 0) is 4.79 Å². The molecule has 3 rings (SSSR count). The predicted molar refractivity (Wildman–Crippen MR) is 125 cm³/mol. The lowest BCUT2D eigenvalue weighted by Crippen LogP contribution is -2.30. The second kappa shape index (κ2) is 10.9. The summed E-state index contributed by atoms with van der Waals surface area (Å²) in [5.74, 6) is 1.65. The van der Waals surface area contributed by atoms with E-state index in [1.54, 1.807) is 18.7 Å². The predicted octanol–water partition coefficient (Wildman–Crippen LogP) is 5.87. The molecule has 2 aromatic carbocycles. The fourth-order valence-electron chi connectivity index (χ4n) is 2.58. The second-order valence-electron chi connectivity index (χ2n) is 6.97. The highest BCUT2D eigenvalue weighted by atomic mass is 32.2. The van der Waals surface area contributed by atoms with Gasteiger partial charge in [-0.15, -0.1) is 10.2 Å². The fraction of sp³-hybridized carbons (Fsp3) is 0.261. The number of benzene rings is 2. The number of anilines is 1. The van der Waals surface area contributed by atoms with Gasteiger partial charge in [0.15, 0.2) is 10.4 Å². The second-order valence-corrected chi connectivity index (χ2v) is 9.21. The lowest BCUT2D eigenvalue weighted by molar-refractivity contribution is -0.122. The van der Waals surface area contributed by atoms with Crippen LogP contribution >= 0.6 is 23.1 Å². The van der Waals surface area contributed by atoms with E-state index in [1.807, 2.05) is 42.5 Å². The van der Waals surface area contributed by atoms with Crippen LogP contribution in [0.3, 0.4) is 0 Å². The number of rotatable bonds is 9. The van der Waals surface area contributed by atoms with Gasteiger partial charge in [0.2, 0.25) is 5.13 Å². The third kappa shape index (κ3) is 6.71. The molecule has 1 N–H and O–H groups in total. The number of aromatic nitrogens is 2. The van der Waals surface area contributed by atoms with Crippen molar-refractivity contribution in [2.75, 3.05) is 11.1 Å². The number of amides is 1. The quantitative estimate of drug-likeness (QED) is 0.333. The van der Waals surface area contributed by atoms with Crippen molar-refractivity contribution < 1.29 is 9.53 Å². The number of hydrogen-bond acceptors (Lipinski definition) is 6. The standard InChI is InChI=1S/C23H25N3O2S2/c1-16(2)19-11-13-20(14-12-19)28-17(3)21(27)24-22-25-26-23(30-22)29-15-7-10-18-8-5-4-6-9-18/h4-14,16-17H,15H2,1-3H3,(H,24,25,27)/b10-7+. The molecular formula is C23H25N3O2S2. The van der Waals surface area contributed by atoms with Crippen LogP contribution in [0.1, 0.15) is 37.8 Å². The lowest BCUT2D eigenvalue weighted by atomic mass is 10.0. The third-order valence-electron chi connectivity index (χ3n) is 4.28. The maximum absolute atomic E-state index is 12.4. The van der Waals surface area contributed by atoms with Crippen LogP contribution in [0.5, 0.6) is 5.75 Å². The van der Waals surface area contributed by atoms with Gasteiger partial charge in [-0.25, -0.2) is 0 Å². The fourth-order valence-corrected chi connectivity index (χ4v) is 4.17. The Hall–Kier alpha value is -2.64. The zero-order valence-electron chi connectivity index (χ0n) is 17.2. The van der Waals surface area contributed by atoms with E-state index in [4.69, 9.17) is 4.74 Å². The molecule has 1 aromatic heterocycles. The maximum Gasteiger partial charge on any atom is 0.266 e. The first-order valence-corrected chi connectivity index (χ1v) is 11.6. The van der Waals surface area contributed by atoms with Crippen molar-refractivity contribution in [1.82, 2.24) is 10.2 Å². The normalized spacial score (nSPS) is 12.3. The number of thioether (sulfide) groups is 1. The summed E-state index contributed by atoms with van der Waals surface area (Å²) in [7, 11) is 0. The Balaban J connectivity index is 1.46. The molecule has 0 saturated carbocycles. The molecule has 0 aliphatic rings. The summed E-state index contributed by atoms with van der Waals surface area (Å²) in [4.78, 5) is 12.4. The highest BCUT2D eigenvalue weighted by Crippen LogP contribution is 2.26. The van der Waals surface area contributed by atoms with E-state index in [2.05, 4.69) is 53.6 Å². The Kier molecular flexibility index (Phi) is 8.04. The molecule has 1 heterocycles. The molecule has 7 heteroatoms. The van der Waals surface area contributed by atoms with Crippen LogP contribution in [0, 0.1) is 0 Å². The molecule has 0 fully saturated rings. The largest absolute Gasteiger partial charge is 0.481 e. The van der Waals surface area contributed by atoms with E-state index >= 15 is 0 Å². The van der Waals surface area contributed by atoms with Crippen molar-refractivity contribution >= 4 is 40.2 Å². The van der Waals surface area contributed by atoms with Crippen molar-refractivity contribution in [3.05, 3.63) is 71.8 Å². The molecule has 0 radical (unpaired) electrons. The Morgan fingerprint density at radius 2 is 1.83 bits per heavy atom. The highest BCUT2D eigenvalue weighted by molar-refractivity contribution is 8.01. The molecule has 0 bridgehead atoms. The number of ether oxygens (including phenoxy) is 1. The lowest BCUT2D eigenvalue weighted by Gasteiger charge is -2.14. The van der Waals surface area contributed by atoms with E-state index in [9.17, 15) is 4.79 Å². The first-order valence-electron chi connectivity index (χ1n) is 9.76. The Morgan fingerprint density at radius 1 is 1.10 bits per heavy atom. The Bertz CT molecular complexity index is 970. The number of nitrogens with one attached hydrogen (secondary N) is 1. The first kappa shape index (κ1) is 22.1. The molecule has 156 valence electrons. The first-order chi connectivity index (χ1) is 14.5. The number of carbonyl (C=O) groups excluding carboxylic acids is 1. The summed E-state index contributed by atoms with van der Waals surface area (Å²) in [5, 5.41) is 11.4. The molecule has 1 amide bonds. The van der Waals surface area contributed by atoms with Crippen LogP contribution in [0.15, 0.2) is 65.0 Å². The molecule has 3 aromatic rings. The van der Waals surface area contributed by atoms with Gasteiger partial charge in [0.25, 0.3) is 5.91 Å². The molecule has 0 aliphatic heterocycles. The minimum Gasteiger partial charge on any atom is -0.481 e. The van der Waals surface area contributed by atoms with Gasteiger partial charge in [-0.2, -0.15) is 0 Å². The average molecular weight is 440 g/mol. The van der Waals surface area contributed by atoms with Gasteiger partial charge in [-0.1, -0.05) is 91.6 Å². The Labute approximate surface area is 185 Å². The number of hydrogen-bond donors (Lipinski definition) is 1. The van der Waals surface area contributed by atoms with Crippen molar-refractivity contribution in [2.45, 2.75) is 37.1 Å². The van der Waals surface area contributed by atoms with Gasteiger partial charge in [0.1, 0.15) is 5.75 Å². The summed E-state index contributed by atoms with van der Waals surface area (Å²) >= 11 is 2.93. The van der Waals surface area contributed by atoms with Crippen LogP contribution in [-0.4, -0.2) is 28.0 Å². The molecule has 1 atom stereocenters. The van der Waals surface area contributed by atoms with Gasteiger partial charge >= 0.3 is 0 Å². The van der Waals surface area contributed by atoms with Gasteiger partial charge in [0, 0.05) is 5.75 Å². The third-order valence-corrected chi connectivity index (χ3v) is 6.20. The molecule has 0 saturated heterocycles. The summed E-state index contributed by atoms with van der Waals surface area (Å²) in [5.41, 5.74) is 2.40. The van der Waals surface area contributed by atoms with E-state index in [0.717, 1.165) is 15.7 Å². The number of nitrogens with zero attached hydrogens (tertiary/aromatic N) is 2. The van der Waals surface area contributed by atoms with Gasteiger partial charge in [-0.05, 0) is 36.1 Å². The highest BCUT2D eigenvalue weighted by Gasteiger charge is 2.17. The summed E-state index contributed by atoms with van der Waals surface area (Å²) < 4.78 is 6.55. The van der Waals surface area contributed by atoms with Crippen LogP contribution in [0.2, 0.25) is 0 Å². The summed E-state index contributed by atoms with van der Waals surface area (Å²) in [6.07, 6.45) is 3.52. The van der Waals surface area contributed by atoms with Crippen molar-refractivity contribution in [1.29, 1.82) is 0 Å². The molecule has 0 aliphatic carbocycles. The van der Waals surface area contributed by atoms with Gasteiger partial charge < -0.3 is 4.74 Å². The minimum atomic E-state index is -0.635. The molecule has 5 nitrogen and oxygen atoms in total. The molecular weight excluding hydrogens is 414 g/mol. The molecule has 1 unspecified atom stereocenters. The van der Waals surface area contributed by atoms with Crippen molar-refractivity contribution in [2.24, 2.45) is 0 Å². The van der Waals surface area contributed by atoms with Crippen molar-refractivity contribution in [3.8, 4) is 5.75 Å². The van der Waals surface area contributed by atoms with Crippen LogP contribution in [0.4, 0.5) is 5.13 Å².